The molecule has 19 heavy (non-hydrogen) atoms. The van der Waals surface area contributed by atoms with Crippen molar-refractivity contribution in [1.82, 2.24) is 4.98 Å². The van der Waals surface area contributed by atoms with E-state index in [1.807, 2.05) is 0 Å². The number of aromatic carboxylic acids is 1. The van der Waals surface area contributed by atoms with Crippen molar-refractivity contribution in [3.05, 3.63) is 52.4 Å². The summed E-state index contributed by atoms with van der Waals surface area (Å²) in [6, 6.07) is 6.72. The number of aromatic nitrogens is 1. The maximum absolute atomic E-state index is 13.1. The Morgan fingerprint density at radius 3 is 2.74 bits per heavy atom. The summed E-state index contributed by atoms with van der Waals surface area (Å²) < 4.78 is 18.5. The van der Waals surface area contributed by atoms with Gasteiger partial charge in [0.2, 0.25) is 5.88 Å². The molecule has 1 aromatic heterocycles. The number of pyridine rings is 1. The summed E-state index contributed by atoms with van der Waals surface area (Å²) >= 11 is 5.70. The number of ether oxygens (including phenoxy) is 1. The van der Waals surface area contributed by atoms with Crippen molar-refractivity contribution in [2.24, 2.45) is 0 Å². The molecule has 1 heterocycles. The molecule has 1 N–H and O–H groups in total. The zero-order valence-electron chi connectivity index (χ0n) is 9.85. The van der Waals surface area contributed by atoms with E-state index in [1.165, 1.54) is 30.3 Å². The maximum atomic E-state index is 13.1. The van der Waals surface area contributed by atoms with Crippen molar-refractivity contribution in [2.45, 2.75) is 6.92 Å². The fraction of sp³-hybridized carbons (Fsp3) is 0.0769. The smallest absolute Gasteiger partial charge is 0.341 e. The predicted molar refractivity (Wildman–Crippen MR) is 67.4 cm³/mol. The SMILES string of the molecule is Cc1cc(Oc2nc(Cl)ccc2C(=O)O)ccc1F. The Morgan fingerprint density at radius 1 is 1.37 bits per heavy atom. The third-order valence-corrected chi connectivity index (χ3v) is 2.61. The Bertz CT molecular complexity index is 646. The van der Waals surface area contributed by atoms with Gasteiger partial charge >= 0.3 is 5.97 Å². The summed E-state index contributed by atoms with van der Waals surface area (Å²) in [5.74, 6) is -1.40. The third-order valence-electron chi connectivity index (χ3n) is 2.40. The maximum Gasteiger partial charge on any atom is 0.341 e. The molecule has 0 saturated heterocycles. The van der Waals surface area contributed by atoms with Crippen molar-refractivity contribution < 1.29 is 19.0 Å². The summed E-state index contributed by atoms with van der Waals surface area (Å²) in [6.07, 6.45) is 0. The molecular weight excluding hydrogens is 273 g/mol. The van der Waals surface area contributed by atoms with Crippen molar-refractivity contribution in [3.8, 4) is 11.6 Å². The molecule has 4 nitrogen and oxygen atoms in total. The van der Waals surface area contributed by atoms with Crippen LogP contribution in [-0.2, 0) is 0 Å². The first-order valence-electron chi connectivity index (χ1n) is 5.31. The lowest BCUT2D eigenvalue weighted by Crippen LogP contribution is -2.02. The van der Waals surface area contributed by atoms with Crippen LogP contribution >= 0.6 is 11.6 Å². The molecule has 0 fully saturated rings. The predicted octanol–water partition coefficient (Wildman–Crippen LogP) is 3.67. The van der Waals surface area contributed by atoms with Gasteiger partial charge in [0.1, 0.15) is 22.3 Å². The molecule has 0 saturated carbocycles. The van der Waals surface area contributed by atoms with Gasteiger partial charge in [0.15, 0.2) is 0 Å². The van der Waals surface area contributed by atoms with E-state index in [2.05, 4.69) is 4.98 Å². The fourth-order valence-corrected chi connectivity index (χ4v) is 1.59. The van der Waals surface area contributed by atoms with Crippen molar-refractivity contribution in [1.29, 1.82) is 0 Å². The molecule has 1 aromatic carbocycles. The summed E-state index contributed by atoms with van der Waals surface area (Å²) in [5.41, 5.74) is 0.266. The highest BCUT2D eigenvalue weighted by molar-refractivity contribution is 6.29. The van der Waals surface area contributed by atoms with Gasteiger partial charge in [0.05, 0.1) is 0 Å². The van der Waals surface area contributed by atoms with E-state index >= 15 is 0 Å². The molecule has 0 bridgehead atoms. The van der Waals surface area contributed by atoms with Crippen LogP contribution in [0.4, 0.5) is 4.39 Å². The topological polar surface area (TPSA) is 59.4 Å². The first kappa shape index (κ1) is 13.3. The van der Waals surface area contributed by atoms with Gasteiger partial charge in [0, 0.05) is 0 Å². The largest absolute Gasteiger partial charge is 0.477 e. The van der Waals surface area contributed by atoms with E-state index in [4.69, 9.17) is 21.4 Å². The van der Waals surface area contributed by atoms with Crippen LogP contribution in [0, 0.1) is 12.7 Å². The van der Waals surface area contributed by atoms with Crippen LogP contribution in [0.25, 0.3) is 0 Å². The van der Waals surface area contributed by atoms with Crippen LogP contribution in [0.15, 0.2) is 30.3 Å². The van der Waals surface area contributed by atoms with Crippen LogP contribution in [0.1, 0.15) is 15.9 Å². The van der Waals surface area contributed by atoms with Crippen molar-refractivity contribution >= 4 is 17.6 Å². The summed E-state index contributed by atoms with van der Waals surface area (Å²) in [5, 5.41) is 9.12. The van der Waals surface area contributed by atoms with E-state index in [1.54, 1.807) is 6.92 Å². The normalized spacial score (nSPS) is 10.3. The Balaban J connectivity index is 2.39. The zero-order valence-corrected chi connectivity index (χ0v) is 10.6. The van der Waals surface area contributed by atoms with Gasteiger partial charge in [-0.2, -0.15) is 0 Å². The molecule has 0 spiro atoms. The lowest BCUT2D eigenvalue weighted by molar-refractivity contribution is 0.0693. The number of carboxylic acids is 1. The van der Waals surface area contributed by atoms with Crippen LogP contribution in [0.3, 0.4) is 0 Å². The van der Waals surface area contributed by atoms with E-state index in [0.29, 0.717) is 5.56 Å². The van der Waals surface area contributed by atoms with Gasteiger partial charge in [0.25, 0.3) is 0 Å². The molecule has 98 valence electrons. The van der Waals surface area contributed by atoms with Gasteiger partial charge in [-0.25, -0.2) is 14.2 Å². The molecule has 0 aliphatic rings. The molecule has 0 unspecified atom stereocenters. The summed E-state index contributed by atoms with van der Waals surface area (Å²) in [7, 11) is 0. The Morgan fingerprint density at radius 2 is 2.11 bits per heavy atom. The van der Waals surface area contributed by atoms with Crippen molar-refractivity contribution in [3.63, 3.8) is 0 Å². The molecule has 0 atom stereocenters. The van der Waals surface area contributed by atoms with Crippen LogP contribution in [-0.4, -0.2) is 16.1 Å². The van der Waals surface area contributed by atoms with Crippen LogP contribution in [0.2, 0.25) is 5.15 Å². The second-order valence-electron chi connectivity index (χ2n) is 3.80. The standard InChI is InChI=1S/C13H9ClFNO3/c1-7-6-8(2-4-10(7)15)19-12-9(13(17)18)3-5-11(14)16-12/h2-6H,1H3,(H,17,18). The van der Waals surface area contributed by atoms with E-state index in [9.17, 15) is 9.18 Å². The Kier molecular flexibility index (Phi) is 3.66. The quantitative estimate of drug-likeness (QED) is 0.872. The minimum absolute atomic E-state index is 0.110. The van der Waals surface area contributed by atoms with Gasteiger partial charge in [-0.1, -0.05) is 11.6 Å². The molecule has 2 aromatic rings. The summed E-state index contributed by atoms with van der Waals surface area (Å²) in [6.45, 7) is 1.58. The number of carbonyl (C=O) groups is 1. The van der Waals surface area contributed by atoms with E-state index in [-0.39, 0.29) is 28.2 Å². The van der Waals surface area contributed by atoms with Gasteiger partial charge < -0.3 is 9.84 Å². The minimum atomic E-state index is -1.18. The average Bonchev–Trinajstić information content (AvgIpc) is 2.33. The van der Waals surface area contributed by atoms with Gasteiger partial charge in [-0.3, -0.25) is 0 Å². The molecule has 0 aliphatic heterocycles. The number of aryl methyl sites for hydroxylation is 1. The average molecular weight is 282 g/mol. The molecule has 2 rings (SSSR count). The highest BCUT2D eigenvalue weighted by atomic mass is 35.5. The fourth-order valence-electron chi connectivity index (χ4n) is 1.45. The minimum Gasteiger partial charge on any atom is -0.477 e. The second-order valence-corrected chi connectivity index (χ2v) is 4.19. The van der Waals surface area contributed by atoms with Crippen molar-refractivity contribution in [2.75, 3.05) is 0 Å². The highest BCUT2D eigenvalue weighted by Crippen LogP contribution is 2.26. The molecule has 6 heteroatoms. The number of halogens is 2. The summed E-state index contributed by atoms with van der Waals surface area (Å²) in [4.78, 5) is 14.8. The lowest BCUT2D eigenvalue weighted by Gasteiger charge is -2.08. The molecular formula is C13H9ClFNO3. The first-order chi connectivity index (χ1) is 8.97. The number of carboxylic acid groups (broad SMARTS) is 1. The number of rotatable bonds is 3. The Hall–Kier alpha value is -2.14. The third kappa shape index (κ3) is 3.00. The molecule has 0 aliphatic carbocycles. The second kappa shape index (κ2) is 5.24. The first-order valence-corrected chi connectivity index (χ1v) is 5.69. The molecule has 0 radical (unpaired) electrons. The van der Waals surface area contributed by atoms with Gasteiger partial charge in [-0.15, -0.1) is 0 Å². The van der Waals surface area contributed by atoms with Gasteiger partial charge in [-0.05, 0) is 42.8 Å². The number of nitrogens with zero attached hydrogens (tertiary/aromatic N) is 1. The van der Waals surface area contributed by atoms with E-state index < -0.39 is 5.97 Å². The zero-order chi connectivity index (χ0) is 14.0. The molecule has 0 amide bonds. The number of hydrogen-bond acceptors (Lipinski definition) is 3. The van der Waals surface area contributed by atoms with Crippen LogP contribution in [0.5, 0.6) is 11.6 Å². The monoisotopic (exact) mass is 281 g/mol. The Labute approximate surface area is 113 Å². The lowest BCUT2D eigenvalue weighted by atomic mass is 10.2. The highest BCUT2D eigenvalue weighted by Gasteiger charge is 2.14. The van der Waals surface area contributed by atoms with Crippen LogP contribution < -0.4 is 4.74 Å². The number of hydrogen-bond donors (Lipinski definition) is 1. The number of benzene rings is 1. The van der Waals surface area contributed by atoms with E-state index in [0.717, 1.165) is 0 Å².